The molecule has 0 saturated carbocycles. The van der Waals surface area contributed by atoms with Gasteiger partial charge in [0.25, 0.3) is 0 Å². The third kappa shape index (κ3) is 4.30. The van der Waals surface area contributed by atoms with Crippen LogP contribution < -0.4 is 15.8 Å². The number of alkyl carbamates (subject to hydrolysis) is 1. The van der Waals surface area contributed by atoms with Crippen molar-refractivity contribution in [2.45, 2.75) is 5.92 Å². The number of benzene rings is 3. The van der Waals surface area contributed by atoms with Gasteiger partial charge in [0.05, 0.1) is 24.4 Å². The second kappa shape index (κ2) is 9.03. The molecule has 3 aromatic carbocycles. The van der Waals surface area contributed by atoms with E-state index in [0.717, 1.165) is 0 Å². The van der Waals surface area contributed by atoms with Gasteiger partial charge < -0.3 is 20.5 Å². The topological polar surface area (TPSA) is 73.6 Å². The number of anilines is 1. The van der Waals surface area contributed by atoms with Crippen LogP contribution >= 0.6 is 11.6 Å². The summed E-state index contributed by atoms with van der Waals surface area (Å²) in [5, 5.41) is 3.07. The molecule has 0 fully saturated rings. The molecule has 0 bridgehead atoms. The Labute approximate surface area is 186 Å². The number of rotatable bonds is 4. The molecule has 31 heavy (non-hydrogen) atoms. The van der Waals surface area contributed by atoms with Crippen molar-refractivity contribution >= 4 is 23.4 Å². The molecule has 1 aliphatic rings. The normalized spacial score (nSPS) is 11.7. The summed E-state index contributed by atoms with van der Waals surface area (Å²) >= 11 is 6.15. The van der Waals surface area contributed by atoms with Crippen LogP contribution in [0.2, 0.25) is 5.02 Å². The Bertz CT molecular complexity index is 1150. The molecular weight excluding hydrogens is 412 g/mol. The zero-order valence-electron chi connectivity index (χ0n) is 16.9. The van der Waals surface area contributed by atoms with Crippen LogP contribution in [0.4, 0.5) is 10.5 Å². The van der Waals surface area contributed by atoms with Crippen molar-refractivity contribution in [2.75, 3.05) is 26.0 Å². The second-order valence-electron chi connectivity index (χ2n) is 7.05. The summed E-state index contributed by atoms with van der Waals surface area (Å²) in [4.78, 5) is 12.2. The number of fused-ring (bicyclic) bond motifs is 3. The summed E-state index contributed by atoms with van der Waals surface area (Å²) < 4.78 is 10.7. The zero-order chi connectivity index (χ0) is 21.8. The van der Waals surface area contributed by atoms with Crippen LogP contribution in [0, 0.1) is 11.8 Å². The molecule has 0 saturated heterocycles. The van der Waals surface area contributed by atoms with E-state index >= 15 is 0 Å². The van der Waals surface area contributed by atoms with E-state index in [1.807, 2.05) is 24.3 Å². The molecule has 3 aromatic rings. The molecule has 0 spiro atoms. The standard InChI is InChI=1S/C25H21ClN2O3/c1-30-24-13-16(22(26)14-23(24)27)7-6-12-28-25(29)31-15-21-19-10-4-2-8-17(19)18-9-3-5-11-20(18)21/h2-5,8-11,13-14,21H,12,15,27H2,1H3,(H,28,29). The van der Waals surface area contributed by atoms with E-state index in [-0.39, 0.29) is 19.1 Å². The van der Waals surface area contributed by atoms with Crippen LogP contribution in [0.1, 0.15) is 22.6 Å². The SMILES string of the molecule is COc1cc(C#CCNC(=O)OCC2c3ccccc3-c3ccccc32)c(Cl)cc1N. The summed E-state index contributed by atoms with van der Waals surface area (Å²) in [6.45, 7) is 0.383. The van der Waals surface area contributed by atoms with E-state index in [4.69, 9.17) is 26.8 Å². The molecule has 4 rings (SSSR count). The highest BCUT2D eigenvalue weighted by molar-refractivity contribution is 6.32. The first-order chi connectivity index (χ1) is 15.1. The van der Waals surface area contributed by atoms with Gasteiger partial charge in [0.15, 0.2) is 0 Å². The van der Waals surface area contributed by atoms with Gasteiger partial charge in [-0.25, -0.2) is 4.79 Å². The van der Waals surface area contributed by atoms with Gasteiger partial charge in [0.2, 0.25) is 0 Å². The highest BCUT2D eigenvalue weighted by atomic mass is 35.5. The Morgan fingerprint density at radius 3 is 2.39 bits per heavy atom. The number of nitrogens with two attached hydrogens (primary N) is 1. The highest BCUT2D eigenvalue weighted by Crippen LogP contribution is 2.44. The lowest BCUT2D eigenvalue weighted by Gasteiger charge is -2.14. The number of nitrogens with one attached hydrogen (secondary N) is 1. The van der Waals surface area contributed by atoms with Crippen LogP contribution in [0.25, 0.3) is 11.1 Å². The number of nitrogen functional groups attached to an aromatic ring is 1. The predicted molar refractivity (Wildman–Crippen MR) is 122 cm³/mol. The Balaban J connectivity index is 1.36. The monoisotopic (exact) mass is 432 g/mol. The van der Waals surface area contributed by atoms with E-state index in [0.29, 0.717) is 22.0 Å². The first kappa shape index (κ1) is 20.6. The van der Waals surface area contributed by atoms with Crippen molar-refractivity contribution in [3.05, 3.63) is 82.4 Å². The van der Waals surface area contributed by atoms with E-state index in [2.05, 4.69) is 41.4 Å². The lowest BCUT2D eigenvalue weighted by atomic mass is 9.98. The second-order valence-corrected chi connectivity index (χ2v) is 7.46. The van der Waals surface area contributed by atoms with Crippen LogP contribution in [-0.2, 0) is 4.74 Å². The van der Waals surface area contributed by atoms with E-state index in [1.165, 1.54) is 29.4 Å². The molecule has 3 N–H and O–H groups in total. The maximum absolute atomic E-state index is 12.2. The maximum Gasteiger partial charge on any atom is 0.407 e. The van der Waals surface area contributed by atoms with Crippen LogP contribution in [0.3, 0.4) is 0 Å². The summed E-state index contributed by atoms with van der Waals surface area (Å²) in [6, 6.07) is 19.7. The number of amides is 1. The molecule has 0 radical (unpaired) electrons. The Kier molecular flexibility index (Phi) is 6.01. The minimum Gasteiger partial charge on any atom is -0.495 e. The number of carbonyl (C=O) groups excluding carboxylic acids is 1. The lowest BCUT2D eigenvalue weighted by molar-refractivity contribution is 0.144. The predicted octanol–water partition coefficient (Wildman–Crippen LogP) is 4.82. The Morgan fingerprint density at radius 1 is 1.10 bits per heavy atom. The summed E-state index contributed by atoms with van der Waals surface area (Å²) in [5.41, 5.74) is 11.5. The average molecular weight is 433 g/mol. The molecule has 0 aliphatic heterocycles. The van der Waals surface area contributed by atoms with Crippen LogP contribution in [0.15, 0.2) is 60.7 Å². The van der Waals surface area contributed by atoms with Crippen LogP contribution in [0.5, 0.6) is 5.75 Å². The number of ether oxygens (including phenoxy) is 2. The van der Waals surface area contributed by atoms with Gasteiger partial charge >= 0.3 is 6.09 Å². The molecule has 0 atom stereocenters. The smallest absolute Gasteiger partial charge is 0.407 e. The number of hydrogen-bond acceptors (Lipinski definition) is 4. The van der Waals surface area contributed by atoms with Crippen molar-refractivity contribution in [2.24, 2.45) is 0 Å². The largest absolute Gasteiger partial charge is 0.495 e. The van der Waals surface area contributed by atoms with Crippen molar-refractivity contribution in [3.63, 3.8) is 0 Å². The van der Waals surface area contributed by atoms with Gasteiger partial charge in [-0.3, -0.25) is 0 Å². The maximum atomic E-state index is 12.2. The van der Waals surface area contributed by atoms with Crippen molar-refractivity contribution in [1.29, 1.82) is 0 Å². The molecule has 1 amide bonds. The third-order valence-corrected chi connectivity index (χ3v) is 5.52. The summed E-state index contributed by atoms with van der Waals surface area (Å²) in [7, 11) is 1.52. The minimum atomic E-state index is -0.517. The number of methoxy groups -OCH3 is 1. The fraction of sp³-hybridized carbons (Fsp3) is 0.160. The molecule has 156 valence electrons. The molecule has 1 aliphatic carbocycles. The van der Waals surface area contributed by atoms with Crippen LogP contribution in [-0.4, -0.2) is 26.4 Å². The van der Waals surface area contributed by atoms with Crippen molar-refractivity contribution in [1.82, 2.24) is 5.32 Å². The van der Waals surface area contributed by atoms with E-state index in [1.54, 1.807) is 12.1 Å². The molecular formula is C25H21ClN2O3. The average Bonchev–Trinajstić information content (AvgIpc) is 3.10. The number of halogens is 1. The quantitative estimate of drug-likeness (QED) is 0.458. The summed E-state index contributed by atoms with van der Waals surface area (Å²) in [6.07, 6.45) is -0.517. The van der Waals surface area contributed by atoms with Gasteiger partial charge in [-0.05, 0) is 34.4 Å². The third-order valence-electron chi connectivity index (χ3n) is 5.21. The minimum absolute atomic E-state index is 0.0188. The van der Waals surface area contributed by atoms with E-state index < -0.39 is 6.09 Å². The first-order valence-corrected chi connectivity index (χ1v) is 10.2. The fourth-order valence-electron chi connectivity index (χ4n) is 3.75. The summed E-state index contributed by atoms with van der Waals surface area (Å²) in [5.74, 6) is 6.28. The van der Waals surface area contributed by atoms with Gasteiger partial charge in [0, 0.05) is 11.5 Å². The molecule has 6 heteroatoms. The van der Waals surface area contributed by atoms with Crippen molar-refractivity contribution < 1.29 is 14.3 Å². The lowest BCUT2D eigenvalue weighted by Crippen LogP contribution is -2.26. The molecule has 0 aromatic heterocycles. The molecule has 5 nitrogen and oxygen atoms in total. The Hall–Kier alpha value is -3.62. The van der Waals surface area contributed by atoms with Gasteiger partial charge in [-0.15, -0.1) is 0 Å². The number of hydrogen-bond donors (Lipinski definition) is 2. The number of carbonyl (C=O) groups is 1. The fourth-order valence-corrected chi connectivity index (χ4v) is 3.97. The van der Waals surface area contributed by atoms with Gasteiger partial charge in [-0.1, -0.05) is 72.0 Å². The van der Waals surface area contributed by atoms with Gasteiger partial charge in [-0.2, -0.15) is 0 Å². The van der Waals surface area contributed by atoms with Gasteiger partial charge in [0.1, 0.15) is 12.4 Å². The molecule has 0 unspecified atom stereocenters. The highest BCUT2D eigenvalue weighted by Gasteiger charge is 2.28. The molecule has 0 heterocycles. The van der Waals surface area contributed by atoms with Crippen molar-refractivity contribution in [3.8, 4) is 28.7 Å². The first-order valence-electron chi connectivity index (χ1n) is 9.79. The Morgan fingerprint density at radius 2 is 1.74 bits per heavy atom. The zero-order valence-corrected chi connectivity index (χ0v) is 17.7. The van der Waals surface area contributed by atoms with E-state index in [9.17, 15) is 4.79 Å².